The Morgan fingerprint density at radius 3 is 2.03 bits per heavy atom. The molecule has 0 saturated heterocycles. The van der Waals surface area contributed by atoms with Gasteiger partial charge in [-0.15, -0.1) is 0 Å². The molecule has 1 amide bonds. The zero-order chi connectivity index (χ0) is 22.3. The molecule has 0 N–H and O–H groups in total. The van der Waals surface area contributed by atoms with Crippen molar-refractivity contribution < 1.29 is 23.9 Å². The van der Waals surface area contributed by atoms with Crippen molar-refractivity contribution in [2.75, 3.05) is 19.8 Å². The number of benzene rings is 2. The van der Waals surface area contributed by atoms with Crippen LogP contribution in [0.15, 0.2) is 60.7 Å². The van der Waals surface area contributed by atoms with Crippen molar-refractivity contribution in [1.82, 2.24) is 4.90 Å². The van der Waals surface area contributed by atoms with E-state index in [-0.39, 0.29) is 43.7 Å². The molecule has 6 heteroatoms. The lowest BCUT2D eigenvalue weighted by Crippen LogP contribution is -2.33. The van der Waals surface area contributed by atoms with Crippen molar-refractivity contribution in [2.45, 2.75) is 45.6 Å². The van der Waals surface area contributed by atoms with Crippen LogP contribution in [0.1, 0.15) is 43.7 Å². The van der Waals surface area contributed by atoms with E-state index in [1.54, 1.807) is 11.8 Å². The van der Waals surface area contributed by atoms with Crippen LogP contribution in [0.4, 0.5) is 0 Å². The van der Waals surface area contributed by atoms with Gasteiger partial charge >= 0.3 is 11.9 Å². The van der Waals surface area contributed by atoms with E-state index in [0.717, 1.165) is 18.4 Å². The zero-order valence-electron chi connectivity index (χ0n) is 18.1. The van der Waals surface area contributed by atoms with Crippen LogP contribution in [0, 0.1) is 0 Å². The van der Waals surface area contributed by atoms with Crippen LogP contribution >= 0.6 is 0 Å². The zero-order valence-corrected chi connectivity index (χ0v) is 18.1. The highest BCUT2D eigenvalue weighted by atomic mass is 16.5. The minimum atomic E-state index is -0.383. The first kappa shape index (κ1) is 24.1. The van der Waals surface area contributed by atoms with Gasteiger partial charge in [0.05, 0.1) is 26.1 Å². The van der Waals surface area contributed by atoms with E-state index in [1.807, 2.05) is 60.7 Å². The molecule has 0 fully saturated rings. The molecule has 0 aromatic heterocycles. The first-order valence-electron chi connectivity index (χ1n) is 10.8. The van der Waals surface area contributed by atoms with E-state index in [2.05, 4.69) is 0 Å². The molecule has 0 bridgehead atoms. The molecule has 2 aromatic carbocycles. The molecule has 166 valence electrons. The van der Waals surface area contributed by atoms with Crippen molar-refractivity contribution in [3.05, 3.63) is 71.8 Å². The summed E-state index contributed by atoms with van der Waals surface area (Å²) in [6.07, 6.45) is 1.77. The summed E-state index contributed by atoms with van der Waals surface area (Å²) in [5, 5.41) is 0. The fraction of sp³-hybridized carbons (Fsp3) is 0.400. The van der Waals surface area contributed by atoms with Crippen LogP contribution in [-0.4, -0.2) is 42.5 Å². The number of amides is 1. The van der Waals surface area contributed by atoms with E-state index in [4.69, 9.17) is 9.47 Å². The van der Waals surface area contributed by atoms with Gasteiger partial charge in [-0.25, -0.2) is 0 Å². The maximum atomic E-state index is 12.7. The van der Waals surface area contributed by atoms with Gasteiger partial charge in [0.2, 0.25) is 5.91 Å². The van der Waals surface area contributed by atoms with Crippen molar-refractivity contribution in [1.29, 1.82) is 0 Å². The molecule has 0 aliphatic rings. The first-order valence-corrected chi connectivity index (χ1v) is 10.8. The van der Waals surface area contributed by atoms with Crippen molar-refractivity contribution in [2.24, 2.45) is 0 Å². The summed E-state index contributed by atoms with van der Waals surface area (Å²) in [7, 11) is 0. The predicted octanol–water partition coefficient (Wildman–Crippen LogP) is 3.92. The average Bonchev–Trinajstić information content (AvgIpc) is 2.79. The Kier molecular flexibility index (Phi) is 10.9. The number of carbonyl (C=O) groups is 3. The summed E-state index contributed by atoms with van der Waals surface area (Å²) in [6.45, 7) is 3.01. The van der Waals surface area contributed by atoms with Crippen LogP contribution < -0.4 is 0 Å². The maximum absolute atomic E-state index is 12.7. The number of nitrogens with zero attached hydrogens (tertiary/aromatic N) is 1. The highest BCUT2D eigenvalue weighted by molar-refractivity contribution is 5.81. The Morgan fingerprint density at radius 2 is 1.39 bits per heavy atom. The average molecular weight is 426 g/mol. The van der Waals surface area contributed by atoms with Crippen LogP contribution in [0.3, 0.4) is 0 Å². The van der Waals surface area contributed by atoms with Crippen molar-refractivity contribution in [3.8, 4) is 0 Å². The number of hydrogen-bond acceptors (Lipinski definition) is 5. The molecule has 2 aromatic rings. The second kappa shape index (κ2) is 14.0. The smallest absolute Gasteiger partial charge is 0.307 e. The lowest BCUT2D eigenvalue weighted by atomic mass is 10.1. The molecule has 31 heavy (non-hydrogen) atoms. The second-order valence-corrected chi connectivity index (χ2v) is 7.17. The second-order valence-electron chi connectivity index (χ2n) is 7.17. The van der Waals surface area contributed by atoms with Gasteiger partial charge in [-0.2, -0.15) is 0 Å². The molecule has 0 atom stereocenters. The van der Waals surface area contributed by atoms with Gasteiger partial charge in [-0.1, -0.05) is 60.7 Å². The SMILES string of the molecule is CCOC(=O)CCN(Cc1ccccc1)C(=O)CCC(=O)OCCCc1ccccc1. The molecule has 0 heterocycles. The Labute approximate surface area is 184 Å². The fourth-order valence-corrected chi connectivity index (χ4v) is 3.10. The van der Waals surface area contributed by atoms with Gasteiger partial charge in [0.15, 0.2) is 0 Å². The molecule has 2 rings (SSSR count). The summed E-state index contributed by atoms with van der Waals surface area (Å²) in [4.78, 5) is 38.0. The lowest BCUT2D eigenvalue weighted by molar-refractivity contribution is -0.147. The molecule has 0 aliphatic carbocycles. The number of carbonyl (C=O) groups excluding carboxylic acids is 3. The number of rotatable bonds is 13. The molecular weight excluding hydrogens is 394 g/mol. The van der Waals surface area contributed by atoms with Crippen LogP contribution in [-0.2, 0) is 36.8 Å². The number of aryl methyl sites for hydroxylation is 1. The van der Waals surface area contributed by atoms with Gasteiger partial charge in [-0.05, 0) is 30.9 Å². The fourth-order valence-electron chi connectivity index (χ4n) is 3.10. The molecule has 0 spiro atoms. The van der Waals surface area contributed by atoms with E-state index >= 15 is 0 Å². The first-order chi connectivity index (χ1) is 15.1. The number of hydrogen-bond donors (Lipinski definition) is 0. The molecule has 0 unspecified atom stereocenters. The van der Waals surface area contributed by atoms with Gasteiger partial charge in [-0.3, -0.25) is 14.4 Å². The topological polar surface area (TPSA) is 72.9 Å². The summed E-state index contributed by atoms with van der Waals surface area (Å²) in [5.41, 5.74) is 2.16. The molecule has 6 nitrogen and oxygen atoms in total. The van der Waals surface area contributed by atoms with E-state index in [0.29, 0.717) is 19.8 Å². The van der Waals surface area contributed by atoms with Crippen LogP contribution in [0.5, 0.6) is 0 Å². The van der Waals surface area contributed by atoms with Gasteiger partial charge in [0.1, 0.15) is 0 Å². The quantitative estimate of drug-likeness (QED) is 0.359. The summed E-state index contributed by atoms with van der Waals surface area (Å²) >= 11 is 0. The normalized spacial score (nSPS) is 10.4. The molecule has 0 radical (unpaired) electrons. The maximum Gasteiger partial charge on any atom is 0.307 e. The standard InChI is InChI=1S/C25H31NO5/c1-2-30-25(29)17-18-26(20-22-12-7-4-8-13-22)23(27)15-16-24(28)31-19-9-14-21-10-5-3-6-11-21/h3-8,10-13H,2,9,14-20H2,1H3. The molecule has 0 saturated carbocycles. The minimum absolute atomic E-state index is 0.0227. The van der Waals surface area contributed by atoms with Gasteiger partial charge in [0, 0.05) is 19.5 Å². The minimum Gasteiger partial charge on any atom is -0.466 e. The summed E-state index contributed by atoms with van der Waals surface area (Å²) in [6, 6.07) is 19.6. The third-order valence-corrected chi connectivity index (χ3v) is 4.72. The monoisotopic (exact) mass is 425 g/mol. The van der Waals surface area contributed by atoms with E-state index < -0.39 is 0 Å². The third-order valence-electron chi connectivity index (χ3n) is 4.72. The van der Waals surface area contributed by atoms with Crippen LogP contribution in [0.25, 0.3) is 0 Å². The van der Waals surface area contributed by atoms with Gasteiger partial charge in [0.25, 0.3) is 0 Å². The molecule has 0 aliphatic heterocycles. The van der Waals surface area contributed by atoms with Gasteiger partial charge < -0.3 is 14.4 Å². The van der Waals surface area contributed by atoms with Crippen molar-refractivity contribution in [3.63, 3.8) is 0 Å². The van der Waals surface area contributed by atoms with E-state index in [9.17, 15) is 14.4 Å². The third kappa shape index (κ3) is 9.94. The Balaban J connectivity index is 1.76. The van der Waals surface area contributed by atoms with E-state index in [1.165, 1.54) is 5.56 Å². The molecular formula is C25H31NO5. The summed E-state index contributed by atoms with van der Waals surface area (Å²) < 4.78 is 10.2. The number of esters is 2. The summed E-state index contributed by atoms with van der Waals surface area (Å²) in [5.74, 6) is -0.910. The Hall–Kier alpha value is -3.15. The Morgan fingerprint density at radius 1 is 0.774 bits per heavy atom. The highest BCUT2D eigenvalue weighted by Crippen LogP contribution is 2.09. The largest absolute Gasteiger partial charge is 0.466 e. The van der Waals surface area contributed by atoms with Crippen molar-refractivity contribution >= 4 is 17.8 Å². The van der Waals surface area contributed by atoms with Crippen LogP contribution in [0.2, 0.25) is 0 Å². The number of ether oxygens (including phenoxy) is 2. The predicted molar refractivity (Wildman–Crippen MR) is 118 cm³/mol. The highest BCUT2D eigenvalue weighted by Gasteiger charge is 2.17. The lowest BCUT2D eigenvalue weighted by Gasteiger charge is -2.22. The Bertz CT molecular complexity index is 807.